The quantitative estimate of drug-likeness (QED) is 0.474. The van der Waals surface area contributed by atoms with Crippen LogP contribution in [0.25, 0.3) is 0 Å². The molecule has 0 atom stereocenters. The summed E-state index contributed by atoms with van der Waals surface area (Å²) in [6.45, 7) is 2.37. The lowest BCUT2D eigenvalue weighted by atomic mass is 9.97. The second-order valence-corrected chi connectivity index (χ2v) is 6.42. The number of nitrogens with zero attached hydrogens (tertiary/aromatic N) is 2. The van der Waals surface area contributed by atoms with Gasteiger partial charge in [0.05, 0.1) is 6.54 Å². The number of allylic oxidation sites excluding steroid dienone is 1. The Labute approximate surface area is 141 Å². The number of urea groups is 1. The molecule has 1 saturated heterocycles. The van der Waals surface area contributed by atoms with Gasteiger partial charge in [0.15, 0.2) is 0 Å². The van der Waals surface area contributed by atoms with Crippen LogP contribution in [0.2, 0.25) is 0 Å². The van der Waals surface area contributed by atoms with Crippen molar-refractivity contribution in [1.29, 1.82) is 0 Å². The summed E-state index contributed by atoms with van der Waals surface area (Å²) in [5.74, 6) is -1.43. The first kappa shape index (κ1) is 16.4. The van der Waals surface area contributed by atoms with Gasteiger partial charge in [-0.3, -0.25) is 19.4 Å². The van der Waals surface area contributed by atoms with Crippen molar-refractivity contribution in [3.8, 4) is 0 Å². The van der Waals surface area contributed by atoms with Gasteiger partial charge in [-0.2, -0.15) is 0 Å². The molecule has 5 nitrogen and oxygen atoms in total. The molecule has 1 heterocycles. The van der Waals surface area contributed by atoms with Crippen molar-refractivity contribution in [3.63, 3.8) is 0 Å². The fraction of sp³-hybridized carbons (Fsp3) is 0.421. The van der Waals surface area contributed by atoms with Crippen molar-refractivity contribution in [2.24, 2.45) is 0 Å². The van der Waals surface area contributed by atoms with E-state index < -0.39 is 17.8 Å². The van der Waals surface area contributed by atoms with E-state index in [-0.39, 0.29) is 6.54 Å². The number of amides is 4. The molecule has 1 fully saturated rings. The Morgan fingerprint density at radius 1 is 1.00 bits per heavy atom. The van der Waals surface area contributed by atoms with E-state index in [1.165, 1.54) is 12.0 Å². The lowest BCUT2D eigenvalue weighted by Gasteiger charge is -2.18. The highest BCUT2D eigenvalue weighted by Crippen LogP contribution is 2.23. The molecule has 1 aromatic carbocycles. The fourth-order valence-corrected chi connectivity index (χ4v) is 3.23. The summed E-state index contributed by atoms with van der Waals surface area (Å²) in [4.78, 5) is 39.0. The number of aryl methyl sites for hydroxylation is 1. The van der Waals surface area contributed by atoms with E-state index in [2.05, 4.69) is 6.08 Å². The molecule has 1 aromatic rings. The van der Waals surface area contributed by atoms with E-state index in [9.17, 15) is 14.4 Å². The average molecular weight is 326 g/mol. The number of imide groups is 2. The van der Waals surface area contributed by atoms with Crippen molar-refractivity contribution >= 4 is 17.8 Å². The predicted octanol–water partition coefficient (Wildman–Crippen LogP) is 3.18. The van der Waals surface area contributed by atoms with Crippen LogP contribution in [0.1, 0.15) is 43.2 Å². The summed E-state index contributed by atoms with van der Waals surface area (Å²) >= 11 is 0. The zero-order valence-electron chi connectivity index (χ0n) is 14.0. The SMILES string of the molecule is Cc1ccccc1CN1C(=O)C(=O)N(CCC2=CCCCC2)C1=O. The Morgan fingerprint density at radius 2 is 1.75 bits per heavy atom. The molecule has 0 saturated carbocycles. The Balaban J connectivity index is 1.68. The van der Waals surface area contributed by atoms with Crippen LogP contribution in [0.5, 0.6) is 0 Å². The van der Waals surface area contributed by atoms with Gasteiger partial charge in [0.25, 0.3) is 0 Å². The molecule has 126 valence electrons. The molecular weight excluding hydrogens is 304 g/mol. The van der Waals surface area contributed by atoms with Gasteiger partial charge in [-0.25, -0.2) is 4.79 Å². The third kappa shape index (κ3) is 3.25. The second kappa shape index (κ2) is 6.99. The molecule has 2 aliphatic rings. The molecule has 24 heavy (non-hydrogen) atoms. The number of benzene rings is 1. The molecule has 0 spiro atoms. The van der Waals surface area contributed by atoms with Gasteiger partial charge >= 0.3 is 17.8 Å². The summed E-state index contributed by atoms with van der Waals surface area (Å²) in [6.07, 6.45) is 7.32. The highest BCUT2D eigenvalue weighted by molar-refractivity contribution is 6.44. The van der Waals surface area contributed by atoms with Crippen molar-refractivity contribution < 1.29 is 14.4 Å². The van der Waals surface area contributed by atoms with E-state index in [0.29, 0.717) is 13.0 Å². The Kier molecular flexibility index (Phi) is 4.79. The van der Waals surface area contributed by atoms with Crippen LogP contribution in [0, 0.1) is 6.92 Å². The summed E-state index contributed by atoms with van der Waals surface area (Å²) in [5, 5.41) is 0. The van der Waals surface area contributed by atoms with Crippen LogP contribution in [0.15, 0.2) is 35.9 Å². The minimum absolute atomic E-state index is 0.148. The van der Waals surface area contributed by atoms with E-state index in [4.69, 9.17) is 0 Å². The normalized spacial score (nSPS) is 18.4. The molecule has 5 heteroatoms. The van der Waals surface area contributed by atoms with E-state index >= 15 is 0 Å². The van der Waals surface area contributed by atoms with Crippen molar-refractivity contribution in [3.05, 3.63) is 47.0 Å². The van der Waals surface area contributed by atoms with Gasteiger partial charge in [0.2, 0.25) is 0 Å². The zero-order chi connectivity index (χ0) is 17.1. The van der Waals surface area contributed by atoms with Crippen molar-refractivity contribution in [1.82, 2.24) is 9.80 Å². The van der Waals surface area contributed by atoms with Crippen molar-refractivity contribution in [2.45, 2.75) is 45.6 Å². The lowest BCUT2D eigenvalue weighted by Crippen LogP contribution is -2.34. The summed E-state index contributed by atoms with van der Waals surface area (Å²) < 4.78 is 0. The van der Waals surface area contributed by atoms with Crippen LogP contribution in [0.4, 0.5) is 4.79 Å². The molecule has 0 N–H and O–H groups in total. The van der Waals surface area contributed by atoms with Gasteiger partial charge in [-0.15, -0.1) is 0 Å². The Morgan fingerprint density at radius 3 is 2.46 bits per heavy atom. The Hall–Kier alpha value is -2.43. The fourth-order valence-electron chi connectivity index (χ4n) is 3.23. The maximum Gasteiger partial charge on any atom is 0.334 e. The maximum absolute atomic E-state index is 12.5. The lowest BCUT2D eigenvalue weighted by molar-refractivity contribution is -0.143. The van der Waals surface area contributed by atoms with Gasteiger partial charge in [0, 0.05) is 6.54 Å². The minimum atomic E-state index is -0.721. The van der Waals surface area contributed by atoms with E-state index in [1.54, 1.807) is 0 Å². The molecule has 0 radical (unpaired) electrons. The third-order valence-corrected chi connectivity index (χ3v) is 4.77. The van der Waals surface area contributed by atoms with Crippen LogP contribution < -0.4 is 0 Å². The molecule has 1 aliphatic heterocycles. The number of hydrogen-bond acceptors (Lipinski definition) is 3. The highest BCUT2D eigenvalue weighted by atomic mass is 16.2. The minimum Gasteiger partial charge on any atom is -0.263 e. The first-order valence-corrected chi connectivity index (χ1v) is 8.47. The smallest absolute Gasteiger partial charge is 0.263 e. The maximum atomic E-state index is 12.5. The molecule has 0 bridgehead atoms. The number of rotatable bonds is 5. The topological polar surface area (TPSA) is 57.7 Å². The molecule has 0 aromatic heterocycles. The summed E-state index contributed by atoms with van der Waals surface area (Å²) in [5.41, 5.74) is 3.16. The third-order valence-electron chi connectivity index (χ3n) is 4.77. The molecular formula is C19H22N2O3. The molecule has 4 amide bonds. The van der Waals surface area contributed by atoms with E-state index in [0.717, 1.165) is 40.2 Å². The van der Waals surface area contributed by atoms with Crippen LogP contribution >= 0.6 is 0 Å². The summed E-state index contributed by atoms with van der Waals surface area (Å²) in [6, 6.07) is 7.07. The molecule has 3 rings (SSSR count). The Bertz CT molecular complexity index is 708. The molecule has 0 unspecified atom stereocenters. The van der Waals surface area contributed by atoms with Gasteiger partial charge in [-0.05, 0) is 50.2 Å². The number of hydrogen-bond donors (Lipinski definition) is 0. The number of carbonyl (C=O) groups excluding carboxylic acids is 3. The number of carbonyl (C=O) groups is 3. The first-order valence-electron chi connectivity index (χ1n) is 8.47. The van der Waals surface area contributed by atoms with Crippen LogP contribution in [-0.2, 0) is 16.1 Å². The van der Waals surface area contributed by atoms with Gasteiger partial charge < -0.3 is 0 Å². The first-order chi connectivity index (χ1) is 11.6. The monoisotopic (exact) mass is 326 g/mol. The van der Waals surface area contributed by atoms with Crippen molar-refractivity contribution in [2.75, 3.05) is 6.54 Å². The van der Waals surface area contributed by atoms with Crippen LogP contribution in [0.3, 0.4) is 0 Å². The van der Waals surface area contributed by atoms with Gasteiger partial charge in [0.1, 0.15) is 0 Å². The van der Waals surface area contributed by atoms with Crippen LogP contribution in [-0.4, -0.2) is 34.2 Å². The predicted molar refractivity (Wildman–Crippen MR) is 90.0 cm³/mol. The van der Waals surface area contributed by atoms with Gasteiger partial charge in [-0.1, -0.05) is 35.9 Å². The highest BCUT2D eigenvalue weighted by Gasteiger charge is 2.44. The molecule has 1 aliphatic carbocycles. The van der Waals surface area contributed by atoms with E-state index in [1.807, 2.05) is 31.2 Å². The largest absolute Gasteiger partial charge is 0.334 e. The second-order valence-electron chi connectivity index (χ2n) is 6.42. The zero-order valence-corrected chi connectivity index (χ0v) is 14.0. The summed E-state index contributed by atoms with van der Waals surface area (Å²) in [7, 11) is 0. The standard InChI is InChI=1S/C19H22N2O3/c1-14-7-5-6-10-16(14)13-21-18(23)17(22)20(19(21)24)12-11-15-8-3-2-4-9-15/h5-8,10H,2-4,9,11-13H2,1H3. The average Bonchev–Trinajstić information content (AvgIpc) is 2.79.